The monoisotopic (exact) mass is 298 g/mol. The molecule has 2 aromatic carbocycles. The number of hydrogen-bond acceptors (Lipinski definition) is 3. The molecule has 0 spiro atoms. The van der Waals surface area contributed by atoms with Crippen LogP contribution in [0.25, 0.3) is 5.69 Å². The Hall–Kier alpha value is -2.59. The molecule has 0 N–H and O–H groups in total. The van der Waals surface area contributed by atoms with Crippen LogP contribution in [0.3, 0.4) is 0 Å². The summed E-state index contributed by atoms with van der Waals surface area (Å²) in [5, 5.41) is 4.83. The second-order valence-corrected chi connectivity index (χ2v) is 4.73. The van der Waals surface area contributed by atoms with Gasteiger partial charge < -0.3 is 4.74 Å². The maximum atomic E-state index is 11.2. The molecule has 1 aromatic heterocycles. The third kappa shape index (κ3) is 2.80. The minimum Gasteiger partial charge on any atom is -0.437 e. The van der Waals surface area contributed by atoms with E-state index in [0.29, 0.717) is 28.3 Å². The highest BCUT2D eigenvalue weighted by molar-refractivity contribution is 6.32. The summed E-state index contributed by atoms with van der Waals surface area (Å²) in [4.78, 5) is 11.2. The summed E-state index contributed by atoms with van der Waals surface area (Å²) >= 11 is 6.13. The molecule has 3 rings (SSSR count). The largest absolute Gasteiger partial charge is 0.437 e. The van der Waals surface area contributed by atoms with E-state index in [1.54, 1.807) is 24.4 Å². The maximum absolute atomic E-state index is 11.2. The van der Waals surface area contributed by atoms with E-state index in [-0.39, 0.29) is 5.88 Å². The number of ether oxygens (including phenoxy) is 1. The van der Waals surface area contributed by atoms with E-state index in [0.717, 1.165) is 0 Å². The Bertz CT molecular complexity index is 769. The van der Waals surface area contributed by atoms with Gasteiger partial charge in [-0.25, -0.2) is 4.68 Å². The Labute approximate surface area is 126 Å². The molecule has 3 aromatic rings. The Kier molecular flexibility index (Phi) is 3.71. The highest BCUT2D eigenvalue weighted by Gasteiger charge is 2.13. The quantitative estimate of drug-likeness (QED) is 0.680. The van der Waals surface area contributed by atoms with Gasteiger partial charge in [0, 0.05) is 6.20 Å². The normalized spacial score (nSPS) is 10.3. The molecule has 0 fully saturated rings. The zero-order chi connectivity index (χ0) is 14.7. The number of nitrogens with zero attached hydrogens (tertiary/aromatic N) is 2. The van der Waals surface area contributed by atoms with Crippen LogP contribution < -0.4 is 4.74 Å². The molecule has 5 heteroatoms. The molecular formula is C16H11ClN2O2. The van der Waals surface area contributed by atoms with E-state index in [2.05, 4.69) is 5.10 Å². The summed E-state index contributed by atoms with van der Waals surface area (Å²) in [7, 11) is 0. The predicted octanol–water partition coefficient (Wildman–Crippen LogP) is 4.13. The van der Waals surface area contributed by atoms with Crippen LogP contribution in [-0.4, -0.2) is 16.1 Å². The van der Waals surface area contributed by atoms with Crippen LogP contribution in [0.5, 0.6) is 11.6 Å². The Morgan fingerprint density at radius 3 is 2.48 bits per heavy atom. The average Bonchev–Trinajstić information content (AvgIpc) is 2.91. The Morgan fingerprint density at radius 1 is 1.05 bits per heavy atom. The Balaban J connectivity index is 1.99. The number of benzene rings is 2. The second kappa shape index (κ2) is 5.81. The highest BCUT2D eigenvalue weighted by atomic mass is 35.5. The maximum Gasteiger partial charge on any atom is 0.249 e. The molecule has 0 saturated carbocycles. The van der Waals surface area contributed by atoms with Crippen molar-refractivity contribution in [2.24, 2.45) is 0 Å². The van der Waals surface area contributed by atoms with Crippen LogP contribution in [-0.2, 0) is 0 Å². The molecule has 1 heterocycles. The third-order valence-corrected chi connectivity index (χ3v) is 3.21. The predicted molar refractivity (Wildman–Crippen MR) is 80.5 cm³/mol. The lowest BCUT2D eigenvalue weighted by atomic mass is 10.3. The smallest absolute Gasteiger partial charge is 0.249 e. The lowest BCUT2D eigenvalue weighted by Crippen LogP contribution is -1.95. The van der Waals surface area contributed by atoms with Crippen LogP contribution in [0.2, 0.25) is 5.02 Å². The summed E-state index contributed by atoms with van der Waals surface area (Å²) in [6, 6.07) is 16.4. The number of carbonyl (C=O) groups is 1. The molecule has 0 radical (unpaired) electrons. The molecule has 21 heavy (non-hydrogen) atoms. The van der Waals surface area contributed by atoms with Gasteiger partial charge in [-0.1, -0.05) is 41.9 Å². The lowest BCUT2D eigenvalue weighted by Gasteiger charge is -2.04. The molecule has 0 amide bonds. The van der Waals surface area contributed by atoms with Crippen molar-refractivity contribution in [3.05, 3.63) is 71.4 Å². The Morgan fingerprint density at radius 2 is 1.76 bits per heavy atom. The number of para-hydroxylation sites is 2. The summed E-state index contributed by atoms with van der Waals surface area (Å²) in [5.74, 6) is 0.862. The SMILES string of the molecule is O=Cc1cn(-c2ccccc2Cl)nc1Oc1ccccc1. The zero-order valence-corrected chi connectivity index (χ0v) is 11.7. The number of carbonyl (C=O) groups excluding carboxylic acids is 1. The second-order valence-electron chi connectivity index (χ2n) is 4.32. The van der Waals surface area contributed by atoms with E-state index in [9.17, 15) is 4.79 Å². The molecule has 0 unspecified atom stereocenters. The molecular weight excluding hydrogens is 288 g/mol. The fourth-order valence-corrected chi connectivity index (χ4v) is 2.12. The minimum atomic E-state index is 0.246. The van der Waals surface area contributed by atoms with Gasteiger partial charge >= 0.3 is 0 Å². The molecule has 0 aliphatic rings. The molecule has 4 nitrogen and oxygen atoms in total. The number of aldehydes is 1. The highest BCUT2D eigenvalue weighted by Crippen LogP contribution is 2.26. The zero-order valence-electron chi connectivity index (χ0n) is 10.9. The van der Waals surface area contributed by atoms with Crippen molar-refractivity contribution in [1.29, 1.82) is 0 Å². The summed E-state index contributed by atoms with van der Waals surface area (Å²) in [6.45, 7) is 0. The molecule has 0 saturated heterocycles. The third-order valence-electron chi connectivity index (χ3n) is 2.89. The minimum absolute atomic E-state index is 0.246. The van der Waals surface area contributed by atoms with Crippen molar-refractivity contribution in [2.75, 3.05) is 0 Å². The number of rotatable bonds is 4. The van der Waals surface area contributed by atoms with Crippen molar-refractivity contribution in [2.45, 2.75) is 0 Å². The van der Waals surface area contributed by atoms with E-state index in [4.69, 9.17) is 16.3 Å². The number of hydrogen-bond donors (Lipinski definition) is 0. The number of halogens is 1. The van der Waals surface area contributed by atoms with Crippen LogP contribution in [0.4, 0.5) is 0 Å². The van der Waals surface area contributed by atoms with Gasteiger partial charge in [0.1, 0.15) is 5.75 Å². The van der Waals surface area contributed by atoms with E-state index in [1.807, 2.05) is 36.4 Å². The van der Waals surface area contributed by atoms with Gasteiger partial charge in [0.15, 0.2) is 6.29 Å². The van der Waals surface area contributed by atoms with Gasteiger partial charge in [0.2, 0.25) is 5.88 Å². The first-order chi connectivity index (χ1) is 10.3. The molecule has 0 aliphatic heterocycles. The average molecular weight is 299 g/mol. The molecule has 0 aliphatic carbocycles. The standard InChI is InChI=1S/C16H11ClN2O2/c17-14-8-4-5-9-15(14)19-10-12(11-20)16(18-19)21-13-6-2-1-3-7-13/h1-11H. The first kappa shape index (κ1) is 13.4. The van der Waals surface area contributed by atoms with Crippen LogP contribution in [0.15, 0.2) is 60.8 Å². The van der Waals surface area contributed by atoms with Crippen LogP contribution >= 0.6 is 11.6 Å². The van der Waals surface area contributed by atoms with Crippen molar-refractivity contribution in [3.63, 3.8) is 0 Å². The molecule has 0 atom stereocenters. The van der Waals surface area contributed by atoms with Gasteiger partial charge in [-0.05, 0) is 24.3 Å². The number of aromatic nitrogens is 2. The van der Waals surface area contributed by atoms with Crippen LogP contribution in [0, 0.1) is 0 Å². The van der Waals surface area contributed by atoms with Crippen molar-refractivity contribution >= 4 is 17.9 Å². The lowest BCUT2D eigenvalue weighted by molar-refractivity contribution is 0.112. The van der Waals surface area contributed by atoms with Gasteiger partial charge in [-0.2, -0.15) is 0 Å². The van der Waals surface area contributed by atoms with E-state index >= 15 is 0 Å². The summed E-state index contributed by atoms with van der Waals surface area (Å²) in [6.07, 6.45) is 2.30. The van der Waals surface area contributed by atoms with E-state index < -0.39 is 0 Å². The van der Waals surface area contributed by atoms with Crippen molar-refractivity contribution in [3.8, 4) is 17.3 Å². The summed E-state index contributed by atoms with van der Waals surface area (Å²) in [5.41, 5.74) is 1.05. The summed E-state index contributed by atoms with van der Waals surface area (Å²) < 4.78 is 7.17. The van der Waals surface area contributed by atoms with Crippen molar-refractivity contribution < 1.29 is 9.53 Å². The first-order valence-electron chi connectivity index (χ1n) is 6.30. The molecule has 104 valence electrons. The fourth-order valence-electron chi connectivity index (χ4n) is 1.89. The molecule has 0 bridgehead atoms. The topological polar surface area (TPSA) is 44.1 Å². The van der Waals surface area contributed by atoms with Gasteiger partial charge in [0.05, 0.1) is 16.3 Å². The van der Waals surface area contributed by atoms with Gasteiger partial charge in [-0.15, -0.1) is 5.10 Å². The van der Waals surface area contributed by atoms with Crippen LogP contribution in [0.1, 0.15) is 10.4 Å². The van der Waals surface area contributed by atoms with Crippen molar-refractivity contribution in [1.82, 2.24) is 9.78 Å². The first-order valence-corrected chi connectivity index (χ1v) is 6.68. The fraction of sp³-hybridized carbons (Fsp3) is 0. The van der Waals surface area contributed by atoms with E-state index in [1.165, 1.54) is 4.68 Å². The van der Waals surface area contributed by atoms with Gasteiger partial charge in [0.25, 0.3) is 0 Å². The van der Waals surface area contributed by atoms with Gasteiger partial charge in [-0.3, -0.25) is 4.79 Å².